The summed E-state index contributed by atoms with van der Waals surface area (Å²) < 4.78 is 32.7. The highest BCUT2D eigenvalue weighted by Crippen LogP contribution is 2.26. The van der Waals surface area contributed by atoms with Crippen molar-refractivity contribution in [2.24, 2.45) is 0 Å². The molecule has 1 aromatic heterocycles. The van der Waals surface area contributed by atoms with Crippen molar-refractivity contribution >= 4 is 21.5 Å². The summed E-state index contributed by atoms with van der Waals surface area (Å²) in [6.45, 7) is 4.73. The Morgan fingerprint density at radius 1 is 1.22 bits per heavy atom. The highest BCUT2D eigenvalue weighted by atomic mass is 32.2. The zero-order valence-corrected chi connectivity index (χ0v) is 14.3. The number of sulfonamides is 1. The third-order valence-electron chi connectivity index (χ3n) is 3.19. The summed E-state index contributed by atoms with van der Waals surface area (Å²) in [5.41, 5.74) is 1.68. The van der Waals surface area contributed by atoms with Gasteiger partial charge in [-0.1, -0.05) is 13.0 Å². The number of benzene rings is 1. The van der Waals surface area contributed by atoms with E-state index in [-0.39, 0.29) is 10.7 Å². The Balaban J connectivity index is 2.23. The molecule has 2 N–H and O–H groups in total. The van der Waals surface area contributed by atoms with Crippen molar-refractivity contribution < 1.29 is 13.2 Å². The number of nitrogens with one attached hydrogen (secondary N) is 2. The van der Waals surface area contributed by atoms with E-state index in [2.05, 4.69) is 21.9 Å². The molecular weight excluding hydrogens is 314 g/mol. The third kappa shape index (κ3) is 4.35. The van der Waals surface area contributed by atoms with Crippen molar-refractivity contribution in [2.75, 3.05) is 23.7 Å². The van der Waals surface area contributed by atoms with Gasteiger partial charge in [-0.3, -0.25) is 4.72 Å². The molecule has 0 spiro atoms. The van der Waals surface area contributed by atoms with E-state index in [0.29, 0.717) is 5.75 Å². The van der Waals surface area contributed by atoms with Crippen molar-refractivity contribution in [1.82, 2.24) is 4.98 Å². The molecule has 0 aliphatic rings. The number of methoxy groups -OCH3 is 1. The van der Waals surface area contributed by atoms with Crippen LogP contribution in [0.25, 0.3) is 0 Å². The zero-order valence-electron chi connectivity index (χ0n) is 13.5. The highest BCUT2D eigenvalue weighted by Gasteiger charge is 2.20. The lowest BCUT2D eigenvalue weighted by Crippen LogP contribution is -2.15. The molecule has 0 atom stereocenters. The van der Waals surface area contributed by atoms with Crippen LogP contribution in [0.3, 0.4) is 0 Å². The molecular formula is C16H21N3O3S. The fraction of sp³-hybridized carbons (Fsp3) is 0.312. The predicted octanol–water partition coefficient (Wildman–Crippen LogP) is 3.02. The van der Waals surface area contributed by atoms with Crippen LogP contribution in [0, 0.1) is 6.92 Å². The minimum Gasteiger partial charge on any atom is -0.495 e. The summed E-state index contributed by atoms with van der Waals surface area (Å²) in [7, 11) is -2.33. The normalized spacial score (nSPS) is 11.1. The summed E-state index contributed by atoms with van der Waals surface area (Å²) in [5.74, 6) is 0.556. The average molecular weight is 335 g/mol. The number of rotatable bonds is 7. The van der Waals surface area contributed by atoms with E-state index in [1.165, 1.54) is 7.11 Å². The molecule has 0 unspecified atom stereocenters. The van der Waals surface area contributed by atoms with E-state index < -0.39 is 10.0 Å². The predicted molar refractivity (Wildman–Crippen MR) is 91.6 cm³/mol. The molecule has 23 heavy (non-hydrogen) atoms. The third-order valence-corrected chi connectivity index (χ3v) is 4.57. The molecule has 124 valence electrons. The first-order valence-corrected chi connectivity index (χ1v) is 8.82. The second-order valence-electron chi connectivity index (χ2n) is 5.12. The van der Waals surface area contributed by atoms with Crippen LogP contribution in [0.1, 0.15) is 18.9 Å². The van der Waals surface area contributed by atoms with Crippen LogP contribution >= 0.6 is 0 Å². The Bertz CT molecular complexity index is 759. The van der Waals surface area contributed by atoms with Gasteiger partial charge in [0, 0.05) is 6.54 Å². The largest absolute Gasteiger partial charge is 0.495 e. The molecule has 0 amide bonds. The summed E-state index contributed by atoms with van der Waals surface area (Å²) in [4.78, 5) is 4.22. The molecule has 0 bridgehead atoms. The molecule has 0 saturated carbocycles. The van der Waals surface area contributed by atoms with Gasteiger partial charge in [0.05, 0.1) is 19.0 Å². The van der Waals surface area contributed by atoms with Gasteiger partial charge in [-0.2, -0.15) is 0 Å². The molecule has 0 aliphatic heterocycles. The fourth-order valence-corrected chi connectivity index (χ4v) is 3.28. The average Bonchev–Trinajstić information content (AvgIpc) is 2.54. The summed E-state index contributed by atoms with van der Waals surface area (Å²) >= 11 is 0. The molecule has 2 aromatic rings. The van der Waals surface area contributed by atoms with Gasteiger partial charge in [-0.05, 0) is 43.2 Å². The van der Waals surface area contributed by atoms with E-state index in [1.54, 1.807) is 36.5 Å². The maximum atomic E-state index is 12.5. The van der Waals surface area contributed by atoms with Gasteiger partial charge in [-0.25, -0.2) is 13.4 Å². The van der Waals surface area contributed by atoms with Crippen molar-refractivity contribution in [2.45, 2.75) is 25.2 Å². The van der Waals surface area contributed by atoms with Crippen molar-refractivity contribution in [3.05, 3.63) is 42.1 Å². The molecule has 2 rings (SSSR count). The Labute approximate surface area is 137 Å². The summed E-state index contributed by atoms with van der Waals surface area (Å²) in [6.07, 6.45) is 2.60. The molecule has 6 nitrogen and oxygen atoms in total. The van der Waals surface area contributed by atoms with E-state index >= 15 is 0 Å². The van der Waals surface area contributed by atoms with Gasteiger partial charge in [0.1, 0.15) is 16.5 Å². The van der Waals surface area contributed by atoms with Gasteiger partial charge in [-0.15, -0.1) is 0 Å². The molecule has 0 aliphatic carbocycles. The summed E-state index contributed by atoms with van der Waals surface area (Å²) in [6, 6.07) is 8.41. The maximum Gasteiger partial charge on any atom is 0.266 e. The van der Waals surface area contributed by atoms with Crippen LogP contribution in [0.2, 0.25) is 0 Å². The molecule has 1 aromatic carbocycles. The van der Waals surface area contributed by atoms with Gasteiger partial charge >= 0.3 is 0 Å². The maximum absolute atomic E-state index is 12.5. The number of hydrogen-bond donors (Lipinski definition) is 2. The lowest BCUT2D eigenvalue weighted by molar-refractivity contribution is 0.402. The van der Waals surface area contributed by atoms with E-state index in [9.17, 15) is 8.42 Å². The second-order valence-corrected chi connectivity index (χ2v) is 6.77. The number of hydrogen-bond acceptors (Lipinski definition) is 5. The van der Waals surface area contributed by atoms with Crippen LogP contribution in [0.5, 0.6) is 5.75 Å². The van der Waals surface area contributed by atoms with Crippen LogP contribution in [0.4, 0.5) is 11.5 Å². The fourth-order valence-electron chi connectivity index (χ4n) is 2.01. The monoisotopic (exact) mass is 335 g/mol. The number of nitrogens with zero attached hydrogens (tertiary/aromatic N) is 1. The lowest BCUT2D eigenvalue weighted by Gasteiger charge is -2.12. The van der Waals surface area contributed by atoms with Gasteiger partial charge < -0.3 is 10.1 Å². The number of aromatic nitrogens is 1. The Hall–Kier alpha value is -2.28. The summed E-state index contributed by atoms with van der Waals surface area (Å²) in [5, 5.41) is 3.18. The number of anilines is 2. The second kappa shape index (κ2) is 7.32. The number of ether oxygens (including phenoxy) is 1. The van der Waals surface area contributed by atoms with Crippen molar-refractivity contribution in [3.63, 3.8) is 0 Å². The lowest BCUT2D eigenvalue weighted by atomic mass is 10.2. The van der Waals surface area contributed by atoms with Crippen molar-refractivity contribution in [1.29, 1.82) is 0 Å². The zero-order chi connectivity index (χ0) is 16.9. The first kappa shape index (κ1) is 17.1. The molecule has 0 saturated heterocycles. The van der Waals surface area contributed by atoms with Crippen LogP contribution in [-0.2, 0) is 10.0 Å². The molecule has 0 fully saturated rings. The SMILES string of the molecule is CCCNc1ccc(NS(=O)(=O)c2cc(C)ccc2OC)nc1. The molecule has 0 radical (unpaired) electrons. The van der Waals surface area contributed by atoms with E-state index in [0.717, 1.165) is 24.2 Å². The first-order chi connectivity index (χ1) is 11.0. The van der Waals surface area contributed by atoms with Crippen LogP contribution in [0.15, 0.2) is 41.4 Å². The minimum atomic E-state index is -3.77. The molecule has 1 heterocycles. The molecule has 7 heteroatoms. The van der Waals surface area contributed by atoms with E-state index in [4.69, 9.17) is 4.74 Å². The van der Waals surface area contributed by atoms with Gasteiger partial charge in [0.25, 0.3) is 10.0 Å². The Morgan fingerprint density at radius 3 is 2.61 bits per heavy atom. The van der Waals surface area contributed by atoms with E-state index in [1.807, 2.05) is 6.92 Å². The highest BCUT2D eigenvalue weighted by molar-refractivity contribution is 7.92. The van der Waals surface area contributed by atoms with Gasteiger partial charge in [0.15, 0.2) is 0 Å². The topological polar surface area (TPSA) is 80.3 Å². The minimum absolute atomic E-state index is 0.0926. The van der Waals surface area contributed by atoms with Gasteiger partial charge in [0.2, 0.25) is 0 Å². The van der Waals surface area contributed by atoms with Crippen LogP contribution in [-0.4, -0.2) is 27.1 Å². The number of pyridine rings is 1. The van der Waals surface area contributed by atoms with Crippen molar-refractivity contribution in [3.8, 4) is 5.75 Å². The van der Waals surface area contributed by atoms with Crippen LogP contribution < -0.4 is 14.8 Å². The number of aryl methyl sites for hydroxylation is 1. The smallest absolute Gasteiger partial charge is 0.266 e. The Kier molecular flexibility index (Phi) is 5.44. The Morgan fingerprint density at radius 2 is 2.00 bits per heavy atom. The first-order valence-electron chi connectivity index (χ1n) is 7.33. The standard InChI is InChI=1S/C16H21N3O3S/c1-4-9-17-13-6-8-16(18-11-13)19-23(20,21)15-10-12(2)5-7-14(15)22-3/h5-8,10-11,17H,4,9H2,1-3H3,(H,18,19). The quantitative estimate of drug-likeness (QED) is 0.813.